The average Bonchev–Trinajstić information content (AvgIpc) is 2.97. The Kier molecular flexibility index (Phi) is 6.58. The van der Waals surface area contributed by atoms with Crippen LogP contribution in [-0.4, -0.2) is 49.2 Å². The van der Waals surface area contributed by atoms with E-state index in [1.165, 1.54) is 13.1 Å². The van der Waals surface area contributed by atoms with Crippen LogP contribution in [0, 0.1) is 11.3 Å². The Morgan fingerprint density at radius 1 is 1.26 bits per heavy atom. The molecule has 1 aromatic carbocycles. The molecule has 1 heterocycles. The number of nitrogens with one attached hydrogen (secondary N) is 2. The molecule has 0 aliphatic carbocycles. The topological polar surface area (TPSA) is 119 Å². The lowest BCUT2D eigenvalue weighted by Crippen LogP contribution is -2.32. The van der Waals surface area contributed by atoms with Crippen LogP contribution in [0.1, 0.15) is 20.3 Å². The normalized spacial score (nSPS) is 18.4. The monoisotopic (exact) mass is 390 g/mol. The van der Waals surface area contributed by atoms with Crippen molar-refractivity contribution in [1.29, 1.82) is 5.26 Å². The van der Waals surface area contributed by atoms with Crippen molar-refractivity contribution in [1.82, 2.24) is 4.90 Å². The van der Waals surface area contributed by atoms with Gasteiger partial charge in [0.1, 0.15) is 11.6 Å². The van der Waals surface area contributed by atoms with Gasteiger partial charge in [-0.3, -0.25) is 9.59 Å². The molecule has 1 atom stereocenters. The van der Waals surface area contributed by atoms with Crippen molar-refractivity contribution in [2.24, 2.45) is 0 Å². The fourth-order valence-electron chi connectivity index (χ4n) is 2.83. The third-order valence-corrected chi connectivity index (χ3v) is 5.92. The molecule has 1 aromatic rings. The predicted molar refractivity (Wildman–Crippen MR) is 103 cm³/mol. The van der Waals surface area contributed by atoms with Crippen LogP contribution >= 0.6 is 0 Å². The van der Waals surface area contributed by atoms with Crippen molar-refractivity contribution in [2.75, 3.05) is 28.7 Å². The zero-order chi connectivity index (χ0) is 20.0. The lowest BCUT2D eigenvalue weighted by Gasteiger charge is -2.25. The number of anilines is 2. The van der Waals surface area contributed by atoms with Gasteiger partial charge < -0.3 is 15.5 Å². The fourth-order valence-corrected chi connectivity index (χ4v) is 4.58. The van der Waals surface area contributed by atoms with Crippen LogP contribution < -0.4 is 10.6 Å². The summed E-state index contributed by atoms with van der Waals surface area (Å²) in [6, 6.07) is 8.13. The Labute approximate surface area is 158 Å². The fraction of sp³-hybridized carbons (Fsp3) is 0.389. The van der Waals surface area contributed by atoms with Gasteiger partial charge in [0.15, 0.2) is 9.84 Å². The predicted octanol–water partition coefficient (Wildman–Crippen LogP) is 1.50. The van der Waals surface area contributed by atoms with Gasteiger partial charge in [0, 0.05) is 37.1 Å². The molecule has 1 aliphatic heterocycles. The van der Waals surface area contributed by atoms with Gasteiger partial charge in [-0.25, -0.2) is 8.42 Å². The molecule has 2 N–H and O–H groups in total. The van der Waals surface area contributed by atoms with Gasteiger partial charge in [-0.2, -0.15) is 5.26 Å². The molecule has 8 nitrogen and oxygen atoms in total. The second-order valence-electron chi connectivity index (χ2n) is 6.25. The highest BCUT2D eigenvalue weighted by atomic mass is 32.2. The van der Waals surface area contributed by atoms with E-state index in [9.17, 15) is 23.3 Å². The van der Waals surface area contributed by atoms with Crippen LogP contribution in [0.25, 0.3) is 0 Å². The van der Waals surface area contributed by atoms with E-state index in [0.29, 0.717) is 24.3 Å². The summed E-state index contributed by atoms with van der Waals surface area (Å²) in [6.07, 6.45) is 1.91. The summed E-state index contributed by atoms with van der Waals surface area (Å²) >= 11 is 0. The van der Waals surface area contributed by atoms with Gasteiger partial charge in [-0.15, -0.1) is 0 Å². The molecule has 1 unspecified atom stereocenters. The van der Waals surface area contributed by atoms with E-state index in [2.05, 4.69) is 10.6 Å². The number of carbonyl (C=O) groups is 2. The summed E-state index contributed by atoms with van der Waals surface area (Å²) in [5.74, 6) is -0.627. The molecule has 0 spiro atoms. The molecule has 2 rings (SSSR count). The Morgan fingerprint density at radius 2 is 1.85 bits per heavy atom. The number of carbonyl (C=O) groups excluding carboxylic acids is 2. The summed E-state index contributed by atoms with van der Waals surface area (Å²) in [4.78, 5) is 25.1. The van der Waals surface area contributed by atoms with E-state index < -0.39 is 15.7 Å². The quantitative estimate of drug-likeness (QED) is 0.561. The van der Waals surface area contributed by atoms with Gasteiger partial charge in [0.2, 0.25) is 5.91 Å². The van der Waals surface area contributed by atoms with E-state index in [4.69, 9.17) is 0 Å². The molecule has 2 amide bonds. The summed E-state index contributed by atoms with van der Waals surface area (Å²) in [6.45, 7) is 3.73. The minimum Gasteiger partial charge on any atom is -0.372 e. The number of rotatable bonds is 6. The van der Waals surface area contributed by atoms with E-state index >= 15 is 0 Å². The van der Waals surface area contributed by atoms with Crippen molar-refractivity contribution >= 4 is 33.0 Å². The van der Waals surface area contributed by atoms with Gasteiger partial charge in [-0.05, 0) is 37.6 Å². The molecular weight excluding hydrogens is 368 g/mol. The van der Waals surface area contributed by atoms with Crippen LogP contribution in [0.2, 0.25) is 0 Å². The molecule has 0 aromatic heterocycles. The Hall–Kier alpha value is -2.86. The molecule has 0 saturated carbocycles. The summed E-state index contributed by atoms with van der Waals surface area (Å²) in [5, 5.41) is 14.6. The van der Waals surface area contributed by atoms with Crippen LogP contribution in [-0.2, 0) is 19.4 Å². The molecule has 9 heteroatoms. The maximum absolute atomic E-state index is 12.4. The van der Waals surface area contributed by atoms with Crippen molar-refractivity contribution in [3.63, 3.8) is 0 Å². The van der Waals surface area contributed by atoms with E-state index in [-0.39, 0.29) is 29.0 Å². The van der Waals surface area contributed by atoms with E-state index in [0.717, 1.165) is 0 Å². The standard InChI is InChI=1S/C18H22N4O4S/c1-3-22(17-8-9-27(25,26)12-17)11-14(10-19)18(24)21-16-6-4-15(5-7-16)20-13(2)23/h4-7,11,17H,3,8-9,12H2,1-2H3,(H,20,23)(H,21,24)/b14-11-. The van der Waals surface area contributed by atoms with Crippen molar-refractivity contribution in [3.8, 4) is 6.07 Å². The molecule has 1 fully saturated rings. The largest absolute Gasteiger partial charge is 0.372 e. The smallest absolute Gasteiger partial charge is 0.267 e. The number of amides is 2. The van der Waals surface area contributed by atoms with Crippen LogP contribution in [0.5, 0.6) is 0 Å². The number of nitrogens with zero attached hydrogens (tertiary/aromatic N) is 2. The van der Waals surface area contributed by atoms with Gasteiger partial charge >= 0.3 is 0 Å². The lowest BCUT2D eigenvalue weighted by atomic mass is 10.2. The van der Waals surface area contributed by atoms with E-state index in [1.807, 2.05) is 13.0 Å². The van der Waals surface area contributed by atoms with Crippen molar-refractivity contribution in [2.45, 2.75) is 26.3 Å². The maximum Gasteiger partial charge on any atom is 0.267 e. The number of sulfone groups is 1. The molecule has 0 radical (unpaired) electrons. The Balaban J connectivity index is 2.09. The third kappa shape index (κ3) is 5.82. The number of nitriles is 1. The molecule has 144 valence electrons. The zero-order valence-corrected chi connectivity index (χ0v) is 16.0. The second kappa shape index (κ2) is 8.68. The number of hydrogen-bond acceptors (Lipinski definition) is 6. The zero-order valence-electron chi connectivity index (χ0n) is 15.2. The molecule has 1 aliphatic rings. The van der Waals surface area contributed by atoms with Crippen LogP contribution in [0.3, 0.4) is 0 Å². The summed E-state index contributed by atoms with van der Waals surface area (Å²) in [7, 11) is -3.06. The first-order valence-electron chi connectivity index (χ1n) is 8.51. The van der Waals surface area contributed by atoms with Crippen molar-refractivity contribution < 1.29 is 18.0 Å². The third-order valence-electron chi connectivity index (χ3n) is 4.17. The van der Waals surface area contributed by atoms with Crippen LogP contribution in [0.15, 0.2) is 36.0 Å². The first kappa shape index (κ1) is 20.5. The van der Waals surface area contributed by atoms with Crippen LogP contribution in [0.4, 0.5) is 11.4 Å². The van der Waals surface area contributed by atoms with Gasteiger partial charge in [-0.1, -0.05) is 0 Å². The molecule has 0 bridgehead atoms. The second-order valence-corrected chi connectivity index (χ2v) is 8.48. The highest BCUT2D eigenvalue weighted by Crippen LogP contribution is 2.19. The first-order chi connectivity index (χ1) is 12.7. The summed E-state index contributed by atoms with van der Waals surface area (Å²) in [5.41, 5.74) is 0.963. The maximum atomic E-state index is 12.4. The SMILES string of the molecule is CCN(/C=C(/C#N)C(=O)Nc1ccc(NC(C)=O)cc1)C1CCS(=O)(=O)C1. The Bertz CT molecular complexity index is 885. The molecule has 1 saturated heterocycles. The molecular formula is C18H22N4O4S. The highest BCUT2D eigenvalue weighted by Gasteiger charge is 2.31. The number of benzene rings is 1. The summed E-state index contributed by atoms with van der Waals surface area (Å²) < 4.78 is 23.3. The minimum atomic E-state index is -3.06. The van der Waals surface area contributed by atoms with Gasteiger partial charge in [0.25, 0.3) is 5.91 Å². The average molecular weight is 390 g/mol. The minimum absolute atomic E-state index is 0.0300. The first-order valence-corrected chi connectivity index (χ1v) is 10.3. The highest BCUT2D eigenvalue weighted by molar-refractivity contribution is 7.91. The van der Waals surface area contributed by atoms with Crippen molar-refractivity contribution in [3.05, 3.63) is 36.0 Å². The lowest BCUT2D eigenvalue weighted by molar-refractivity contribution is -0.114. The molecule has 27 heavy (non-hydrogen) atoms. The van der Waals surface area contributed by atoms with E-state index in [1.54, 1.807) is 29.2 Å². The van der Waals surface area contributed by atoms with Gasteiger partial charge in [0.05, 0.1) is 11.5 Å². The Morgan fingerprint density at radius 3 is 2.30 bits per heavy atom. The number of hydrogen-bond donors (Lipinski definition) is 2.